The number of carbonyl (C=O) groups excluding carboxylic acids is 2. The quantitative estimate of drug-likeness (QED) is 0.318. The molecule has 1 heterocycles. The fourth-order valence-electron chi connectivity index (χ4n) is 5.36. The molecule has 4 aromatic rings. The molecule has 0 bridgehead atoms. The summed E-state index contributed by atoms with van der Waals surface area (Å²) >= 11 is 0. The van der Waals surface area contributed by atoms with Crippen molar-refractivity contribution in [3.63, 3.8) is 0 Å². The molecule has 3 aromatic carbocycles. The van der Waals surface area contributed by atoms with Crippen LogP contribution < -0.4 is 24.4 Å². The molecule has 5 rings (SSSR count). The van der Waals surface area contributed by atoms with Crippen LogP contribution >= 0.6 is 0 Å². The standard InChI is InChI=1S/C30H33N5O5/c1-38-25-17-9-8-16-24(25)35(27(36)19-34-23-15-7-6-14-22(23)32-33-34)28(30(37)31-20-11-4-5-12-20)21-13-10-18-26(39-2)29(21)40-3/h6-10,13-18,20,28H,4-5,11-12,19H2,1-3H3,(H,31,37)/t28-/m0/s1. The van der Waals surface area contributed by atoms with E-state index in [2.05, 4.69) is 15.6 Å². The van der Waals surface area contributed by atoms with Crippen LogP contribution in [0.2, 0.25) is 0 Å². The zero-order chi connectivity index (χ0) is 28.1. The van der Waals surface area contributed by atoms with Gasteiger partial charge < -0.3 is 19.5 Å². The van der Waals surface area contributed by atoms with Crippen LogP contribution in [0.1, 0.15) is 37.3 Å². The van der Waals surface area contributed by atoms with Gasteiger partial charge >= 0.3 is 0 Å². The van der Waals surface area contributed by atoms with E-state index in [0.29, 0.717) is 39.5 Å². The predicted molar refractivity (Wildman–Crippen MR) is 151 cm³/mol. The number of carbonyl (C=O) groups is 2. The van der Waals surface area contributed by atoms with E-state index in [0.717, 1.165) is 25.7 Å². The number of para-hydroxylation sites is 4. The van der Waals surface area contributed by atoms with Gasteiger partial charge in [0.25, 0.3) is 0 Å². The lowest BCUT2D eigenvalue weighted by Crippen LogP contribution is -2.47. The molecule has 1 atom stereocenters. The van der Waals surface area contributed by atoms with E-state index in [1.165, 1.54) is 30.9 Å². The van der Waals surface area contributed by atoms with Gasteiger partial charge in [-0.25, -0.2) is 4.68 Å². The maximum atomic E-state index is 14.4. The molecule has 1 fully saturated rings. The third-order valence-corrected chi connectivity index (χ3v) is 7.25. The van der Waals surface area contributed by atoms with Crippen LogP contribution in [0.5, 0.6) is 17.2 Å². The molecule has 0 saturated heterocycles. The van der Waals surface area contributed by atoms with Crippen molar-refractivity contribution in [3.05, 3.63) is 72.3 Å². The average Bonchev–Trinajstić information content (AvgIpc) is 3.65. The number of benzene rings is 3. The Hall–Kier alpha value is -4.60. The first-order valence-corrected chi connectivity index (χ1v) is 13.3. The molecule has 0 unspecified atom stereocenters. The lowest BCUT2D eigenvalue weighted by atomic mass is 10.00. The summed E-state index contributed by atoms with van der Waals surface area (Å²) in [4.78, 5) is 30.1. The molecule has 1 N–H and O–H groups in total. The summed E-state index contributed by atoms with van der Waals surface area (Å²) in [6.45, 7) is -0.155. The van der Waals surface area contributed by atoms with Crippen LogP contribution in [0.15, 0.2) is 66.7 Å². The minimum Gasteiger partial charge on any atom is -0.495 e. The predicted octanol–water partition coefficient (Wildman–Crippen LogP) is 4.29. The summed E-state index contributed by atoms with van der Waals surface area (Å²) < 4.78 is 18.5. The van der Waals surface area contributed by atoms with Gasteiger partial charge in [0, 0.05) is 11.6 Å². The van der Waals surface area contributed by atoms with Crippen molar-refractivity contribution < 1.29 is 23.8 Å². The normalized spacial score (nSPS) is 14.1. The van der Waals surface area contributed by atoms with Crippen molar-refractivity contribution in [1.82, 2.24) is 20.3 Å². The second-order valence-electron chi connectivity index (χ2n) is 9.65. The van der Waals surface area contributed by atoms with Gasteiger partial charge in [0.2, 0.25) is 11.8 Å². The van der Waals surface area contributed by atoms with Gasteiger partial charge in [0.15, 0.2) is 11.5 Å². The number of nitrogens with zero attached hydrogens (tertiary/aromatic N) is 4. The van der Waals surface area contributed by atoms with Gasteiger partial charge in [0.1, 0.15) is 23.9 Å². The molecule has 1 aliphatic rings. The maximum Gasteiger partial charge on any atom is 0.249 e. The number of ether oxygens (including phenoxy) is 3. The van der Waals surface area contributed by atoms with Crippen LogP contribution in [-0.2, 0) is 16.1 Å². The average molecular weight is 544 g/mol. The van der Waals surface area contributed by atoms with Crippen molar-refractivity contribution in [3.8, 4) is 17.2 Å². The third-order valence-electron chi connectivity index (χ3n) is 7.25. The van der Waals surface area contributed by atoms with Gasteiger partial charge in [0.05, 0.1) is 32.5 Å². The van der Waals surface area contributed by atoms with E-state index < -0.39 is 6.04 Å². The first-order chi connectivity index (χ1) is 19.5. The Labute approximate surface area is 232 Å². The lowest BCUT2D eigenvalue weighted by Gasteiger charge is -2.34. The molecule has 1 saturated carbocycles. The molecular formula is C30H33N5O5. The third kappa shape index (κ3) is 5.29. The lowest BCUT2D eigenvalue weighted by molar-refractivity contribution is -0.127. The maximum absolute atomic E-state index is 14.4. The van der Waals surface area contributed by atoms with Crippen LogP contribution in [0.4, 0.5) is 5.69 Å². The number of fused-ring (bicyclic) bond motifs is 1. The smallest absolute Gasteiger partial charge is 0.249 e. The minimum absolute atomic E-state index is 0.0282. The summed E-state index contributed by atoms with van der Waals surface area (Å²) in [5.74, 6) is 0.571. The highest BCUT2D eigenvalue weighted by Gasteiger charge is 2.38. The van der Waals surface area contributed by atoms with Gasteiger partial charge in [-0.05, 0) is 43.2 Å². The molecule has 208 valence electrons. The number of anilines is 1. The van der Waals surface area contributed by atoms with Crippen LogP contribution in [-0.4, -0.2) is 54.2 Å². The molecule has 2 amide bonds. The number of nitrogens with one attached hydrogen (secondary N) is 1. The topological polar surface area (TPSA) is 108 Å². The number of amides is 2. The van der Waals surface area contributed by atoms with Crippen molar-refractivity contribution in [2.75, 3.05) is 26.2 Å². The van der Waals surface area contributed by atoms with Gasteiger partial charge in [-0.3, -0.25) is 14.5 Å². The number of hydrogen-bond donors (Lipinski definition) is 1. The van der Waals surface area contributed by atoms with Crippen molar-refractivity contribution >= 4 is 28.5 Å². The molecule has 0 radical (unpaired) electrons. The zero-order valence-electron chi connectivity index (χ0n) is 22.9. The second kappa shape index (κ2) is 12.1. The Balaban J connectivity index is 1.66. The van der Waals surface area contributed by atoms with Gasteiger partial charge in [-0.1, -0.05) is 54.5 Å². The summed E-state index contributed by atoms with van der Waals surface area (Å²) in [5, 5.41) is 11.6. The molecule has 0 aliphatic heterocycles. The minimum atomic E-state index is -1.09. The highest BCUT2D eigenvalue weighted by Crippen LogP contribution is 2.41. The largest absolute Gasteiger partial charge is 0.495 e. The fourth-order valence-corrected chi connectivity index (χ4v) is 5.36. The van der Waals surface area contributed by atoms with E-state index in [1.54, 1.807) is 36.4 Å². The molecule has 1 aromatic heterocycles. The molecule has 1 aliphatic carbocycles. The number of hydrogen-bond acceptors (Lipinski definition) is 7. The number of rotatable bonds is 10. The first-order valence-electron chi connectivity index (χ1n) is 13.3. The van der Waals surface area contributed by atoms with Crippen LogP contribution in [0, 0.1) is 0 Å². The first kappa shape index (κ1) is 27.0. The summed E-state index contributed by atoms with van der Waals surface area (Å²) in [7, 11) is 4.59. The summed E-state index contributed by atoms with van der Waals surface area (Å²) in [5.41, 5.74) is 2.31. The Morgan fingerprint density at radius 1 is 0.925 bits per heavy atom. The van der Waals surface area contributed by atoms with Gasteiger partial charge in [-0.15, -0.1) is 5.10 Å². The van der Waals surface area contributed by atoms with Gasteiger partial charge in [-0.2, -0.15) is 0 Å². The van der Waals surface area contributed by atoms with E-state index >= 15 is 0 Å². The van der Waals surface area contributed by atoms with E-state index in [4.69, 9.17) is 14.2 Å². The van der Waals surface area contributed by atoms with E-state index in [1.807, 2.05) is 30.3 Å². The van der Waals surface area contributed by atoms with Crippen molar-refractivity contribution in [2.24, 2.45) is 0 Å². The summed E-state index contributed by atoms with van der Waals surface area (Å²) in [6.07, 6.45) is 3.88. The second-order valence-corrected chi connectivity index (χ2v) is 9.65. The Bertz CT molecular complexity index is 1500. The molecule has 0 spiro atoms. The Morgan fingerprint density at radius 3 is 2.38 bits per heavy atom. The van der Waals surface area contributed by atoms with E-state index in [-0.39, 0.29) is 24.4 Å². The SMILES string of the molecule is COc1ccccc1N(C(=O)Cn1nnc2ccccc21)[C@H](C(=O)NC1CCCC1)c1cccc(OC)c1OC. The number of methoxy groups -OCH3 is 3. The molecule has 10 heteroatoms. The number of aromatic nitrogens is 3. The van der Waals surface area contributed by atoms with Crippen molar-refractivity contribution in [1.29, 1.82) is 0 Å². The zero-order valence-corrected chi connectivity index (χ0v) is 22.9. The Morgan fingerprint density at radius 2 is 1.62 bits per heavy atom. The fraction of sp³-hybridized carbons (Fsp3) is 0.333. The van der Waals surface area contributed by atoms with Crippen LogP contribution in [0.3, 0.4) is 0 Å². The highest BCUT2D eigenvalue weighted by atomic mass is 16.5. The van der Waals surface area contributed by atoms with E-state index in [9.17, 15) is 9.59 Å². The monoisotopic (exact) mass is 543 g/mol. The van der Waals surface area contributed by atoms with Crippen LogP contribution in [0.25, 0.3) is 11.0 Å². The van der Waals surface area contributed by atoms with Crippen molar-refractivity contribution in [2.45, 2.75) is 44.3 Å². The molecular weight excluding hydrogens is 510 g/mol. The Kier molecular flexibility index (Phi) is 8.14. The molecule has 10 nitrogen and oxygen atoms in total. The highest BCUT2D eigenvalue weighted by molar-refractivity contribution is 6.03. The summed E-state index contributed by atoms with van der Waals surface area (Å²) in [6, 6.07) is 18.8. The molecule has 40 heavy (non-hydrogen) atoms.